The monoisotopic (exact) mass is 271 g/mol. The van der Waals surface area contributed by atoms with Gasteiger partial charge in [0.2, 0.25) is 0 Å². The molecule has 0 radical (unpaired) electrons. The number of carbonyl (C=O) groups is 1. The summed E-state index contributed by atoms with van der Waals surface area (Å²) in [4.78, 5) is 30.7. The molecule has 3 heterocycles. The Balaban J connectivity index is 2.08. The van der Waals surface area contributed by atoms with E-state index in [9.17, 15) is 9.59 Å². The van der Waals surface area contributed by atoms with Crippen molar-refractivity contribution in [2.45, 2.75) is 6.54 Å². The summed E-state index contributed by atoms with van der Waals surface area (Å²) in [6, 6.07) is 5.17. The first-order chi connectivity index (χ1) is 9.66. The number of aromatic carboxylic acids is 1. The van der Waals surface area contributed by atoms with Gasteiger partial charge in [0.05, 0.1) is 12.2 Å². The van der Waals surface area contributed by atoms with Crippen LogP contribution in [0.15, 0.2) is 41.7 Å². The number of fused-ring (bicyclic) bond motifs is 1. The number of hydrogen-bond donors (Lipinski definition) is 1. The average molecular weight is 271 g/mol. The lowest BCUT2D eigenvalue weighted by Crippen LogP contribution is -2.23. The number of aromatic nitrogens is 5. The van der Waals surface area contributed by atoms with Crippen LogP contribution in [0.1, 0.15) is 16.1 Å². The Morgan fingerprint density at radius 1 is 1.35 bits per heavy atom. The second-order valence-electron chi connectivity index (χ2n) is 4.06. The largest absolute Gasteiger partial charge is 0.478 e. The minimum atomic E-state index is -1.14. The molecule has 0 aliphatic heterocycles. The van der Waals surface area contributed by atoms with Crippen LogP contribution in [-0.2, 0) is 6.54 Å². The van der Waals surface area contributed by atoms with Crippen LogP contribution in [-0.4, -0.2) is 35.2 Å². The zero-order valence-corrected chi connectivity index (χ0v) is 10.2. The standard InChI is InChI=1S/C12H9N5O3/c18-11(19)8-5-13-7-14-9(8)6-17-12(20)16-4-2-1-3-10(16)15-17/h1-5,7H,6H2,(H,18,19). The van der Waals surface area contributed by atoms with Gasteiger partial charge < -0.3 is 5.11 Å². The minimum absolute atomic E-state index is 0.0231. The van der Waals surface area contributed by atoms with Crippen molar-refractivity contribution in [1.29, 1.82) is 0 Å². The molecule has 8 nitrogen and oxygen atoms in total. The van der Waals surface area contributed by atoms with Gasteiger partial charge in [0.1, 0.15) is 11.9 Å². The maximum Gasteiger partial charge on any atom is 0.350 e. The first-order valence-electron chi connectivity index (χ1n) is 5.73. The first-order valence-corrected chi connectivity index (χ1v) is 5.73. The number of nitrogens with zero attached hydrogens (tertiary/aromatic N) is 5. The highest BCUT2D eigenvalue weighted by molar-refractivity contribution is 5.88. The molecule has 0 amide bonds. The van der Waals surface area contributed by atoms with Crippen LogP contribution in [0.5, 0.6) is 0 Å². The molecule has 3 aromatic heterocycles. The van der Waals surface area contributed by atoms with Crippen molar-refractivity contribution in [3.8, 4) is 0 Å². The minimum Gasteiger partial charge on any atom is -0.478 e. The normalized spacial score (nSPS) is 10.8. The molecule has 100 valence electrons. The van der Waals surface area contributed by atoms with Crippen molar-refractivity contribution in [3.05, 3.63) is 58.7 Å². The quantitative estimate of drug-likeness (QED) is 0.721. The van der Waals surface area contributed by atoms with Crippen LogP contribution in [0.25, 0.3) is 5.65 Å². The third-order valence-corrected chi connectivity index (χ3v) is 2.81. The molecule has 1 N–H and O–H groups in total. The molecule has 0 saturated heterocycles. The zero-order chi connectivity index (χ0) is 14.1. The predicted octanol–water partition coefficient (Wildman–Crippen LogP) is 0.0325. The van der Waals surface area contributed by atoms with Crippen LogP contribution in [0.2, 0.25) is 0 Å². The summed E-state index contributed by atoms with van der Waals surface area (Å²) in [6.45, 7) is -0.0231. The average Bonchev–Trinajstić information content (AvgIpc) is 2.76. The lowest BCUT2D eigenvalue weighted by Gasteiger charge is -2.02. The summed E-state index contributed by atoms with van der Waals surface area (Å²) in [5.41, 5.74) is 0.327. The van der Waals surface area contributed by atoms with Crippen molar-refractivity contribution in [2.24, 2.45) is 0 Å². The molecule has 0 spiro atoms. The van der Waals surface area contributed by atoms with Crippen molar-refractivity contribution in [3.63, 3.8) is 0 Å². The Hall–Kier alpha value is -3.03. The molecular weight excluding hydrogens is 262 g/mol. The van der Waals surface area contributed by atoms with Crippen LogP contribution >= 0.6 is 0 Å². The third-order valence-electron chi connectivity index (χ3n) is 2.81. The first kappa shape index (κ1) is 12.0. The molecule has 0 unspecified atom stereocenters. The van der Waals surface area contributed by atoms with E-state index in [1.807, 2.05) is 0 Å². The highest BCUT2D eigenvalue weighted by Crippen LogP contribution is 2.05. The highest BCUT2D eigenvalue weighted by Gasteiger charge is 2.14. The van der Waals surface area contributed by atoms with E-state index in [4.69, 9.17) is 5.11 Å². The van der Waals surface area contributed by atoms with Gasteiger partial charge in [0, 0.05) is 12.4 Å². The second-order valence-corrected chi connectivity index (χ2v) is 4.06. The summed E-state index contributed by atoms with van der Waals surface area (Å²) in [5.74, 6) is -1.14. The molecule has 3 aromatic rings. The maximum atomic E-state index is 12.1. The van der Waals surface area contributed by atoms with Crippen LogP contribution in [0.3, 0.4) is 0 Å². The van der Waals surface area contributed by atoms with Gasteiger partial charge in [-0.05, 0) is 12.1 Å². The Morgan fingerprint density at radius 2 is 2.20 bits per heavy atom. The smallest absolute Gasteiger partial charge is 0.350 e. The molecule has 0 atom stereocenters. The molecule has 0 aromatic carbocycles. The molecule has 0 bridgehead atoms. The van der Waals surface area contributed by atoms with Crippen LogP contribution in [0, 0.1) is 0 Å². The van der Waals surface area contributed by atoms with Gasteiger partial charge in [0.25, 0.3) is 0 Å². The lowest BCUT2D eigenvalue weighted by atomic mass is 10.2. The molecule has 8 heteroatoms. The highest BCUT2D eigenvalue weighted by atomic mass is 16.4. The van der Waals surface area contributed by atoms with Crippen molar-refractivity contribution < 1.29 is 9.90 Å². The Labute approximate surface area is 112 Å². The van der Waals surface area contributed by atoms with Crippen molar-refractivity contribution in [2.75, 3.05) is 0 Å². The third kappa shape index (κ3) is 1.92. The van der Waals surface area contributed by atoms with Gasteiger partial charge >= 0.3 is 11.7 Å². The van der Waals surface area contributed by atoms with E-state index in [2.05, 4.69) is 15.1 Å². The number of carboxylic acid groups (broad SMARTS) is 1. The summed E-state index contributed by atoms with van der Waals surface area (Å²) in [6.07, 6.45) is 4.04. The van der Waals surface area contributed by atoms with Gasteiger partial charge in [-0.3, -0.25) is 4.40 Å². The summed E-state index contributed by atoms with van der Waals surface area (Å²) >= 11 is 0. The molecule has 0 aliphatic carbocycles. The number of carboxylic acids is 1. The SMILES string of the molecule is O=C(O)c1cncnc1Cn1nc2ccccn2c1=O. The van der Waals surface area contributed by atoms with Gasteiger partial charge in [0.15, 0.2) is 5.65 Å². The second kappa shape index (κ2) is 4.57. The molecule has 0 saturated carbocycles. The van der Waals surface area contributed by atoms with Gasteiger partial charge in [-0.2, -0.15) is 0 Å². The fraction of sp³-hybridized carbons (Fsp3) is 0.0833. The topological polar surface area (TPSA) is 102 Å². The Bertz CT molecular complexity index is 851. The van der Waals surface area contributed by atoms with Crippen molar-refractivity contribution in [1.82, 2.24) is 24.1 Å². The van der Waals surface area contributed by atoms with E-state index in [1.165, 1.54) is 21.6 Å². The Kier molecular flexibility index (Phi) is 2.75. The zero-order valence-electron chi connectivity index (χ0n) is 10.2. The summed E-state index contributed by atoms with van der Waals surface area (Å²) in [5, 5.41) is 13.2. The van der Waals surface area contributed by atoms with E-state index >= 15 is 0 Å². The molecular formula is C12H9N5O3. The molecule has 0 aliphatic rings. The van der Waals surface area contributed by atoms with Gasteiger partial charge in [-0.1, -0.05) is 6.07 Å². The summed E-state index contributed by atoms with van der Waals surface area (Å²) in [7, 11) is 0. The number of pyridine rings is 1. The molecule has 0 fully saturated rings. The van der Waals surface area contributed by atoms with Crippen molar-refractivity contribution >= 4 is 11.6 Å². The van der Waals surface area contributed by atoms with E-state index < -0.39 is 5.97 Å². The number of hydrogen-bond acceptors (Lipinski definition) is 5. The van der Waals surface area contributed by atoms with E-state index in [0.29, 0.717) is 5.65 Å². The van der Waals surface area contributed by atoms with Gasteiger partial charge in [-0.15, -0.1) is 5.10 Å². The van der Waals surface area contributed by atoms with E-state index in [0.717, 1.165) is 0 Å². The maximum absolute atomic E-state index is 12.1. The Morgan fingerprint density at radius 3 is 2.95 bits per heavy atom. The molecule has 3 rings (SSSR count). The summed E-state index contributed by atoms with van der Waals surface area (Å²) < 4.78 is 2.55. The van der Waals surface area contributed by atoms with Crippen LogP contribution in [0.4, 0.5) is 0 Å². The van der Waals surface area contributed by atoms with E-state index in [-0.39, 0.29) is 23.5 Å². The predicted molar refractivity (Wildman–Crippen MR) is 67.5 cm³/mol. The fourth-order valence-corrected chi connectivity index (χ4v) is 1.87. The van der Waals surface area contributed by atoms with Crippen LogP contribution < -0.4 is 5.69 Å². The fourth-order valence-electron chi connectivity index (χ4n) is 1.87. The number of rotatable bonds is 3. The van der Waals surface area contributed by atoms with Gasteiger partial charge in [-0.25, -0.2) is 24.2 Å². The lowest BCUT2D eigenvalue weighted by molar-refractivity contribution is 0.0694. The van der Waals surface area contributed by atoms with E-state index in [1.54, 1.807) is 24.4 Å². The molecule has 20 heavy (non-hydrogen) atoms.